The summed E-state index contributed by atoms with van der Waals surface area (Å²) < 4.78 is 0. The van der Waals surface area contributed by atoms with Gasteiger partial charge in [0, 0.05) is 32.4 Å². The fraction of sp³-hybridized carbons (Fsp3) is 0.667. The van der Waals surface area contributed by atoms with Crippen LogP contribution in [0.3, 0.4) is 0 Å². The van der Waals surface area contributed by atoms with Crippen molar-refractivity contribution in [3.63, 3.8) is 0 Å². The minimum absolute atomic E-state index is 0.678. The molecule has 0 atom stereocenters. The molecule has 0 aliphatic rings. The van der Waals surface area contributed by atoms with Gasteiger partial charge >= 0.3 is 0 Å². The van der Waals surface area contributed by atoms with Gasteiger partial charge in [0.1, 0.15) is 5.82 Å². The Morgan fingerprint density at radius 2 is 2.12 bits per heavy atom. The number of nitrogens with zero attached hydrogens (tertiary/aromatic N) is 3. The van der Waals surface area contributed by atoms with Gasteiger partial charge in [-0.1, -0.05) is 13.8 Å². The van der Waals surface area contributed by atoms with Crippen LogP contribution in [0.4, 0.5) is 11.8 Å². The standard InChI is InChI=1S/C12H22N4/c1-9(2)6-7-16(5)11-10(3)8-14-12(13-4)15-11/h8-9H,6-7H2,1-5H3,(H,13,14,15). The summed E-state index contributed by atoms with van der Waals surface area (Å²) in [6.07, 6.45) is 3.04. The van der Waals surface area contributed by atoms with E-state index < -0.39 is 0 Å². The van der Waals surface area contributed by atoms with Gasteiger partial charge in [-0.05, 0) is 19.3 Å². The Hall–Kier alpha value is -1.32. The van der Waals surface area contributed by atoms with Gasteiger partial charge in [0.2, 0.25) is 5.95 Å². The number of nitrogens with one attached hydrogen (secondary N) is 1. The van der Waals surface area contributed by atoms with Gasteiger partial charge in [0.15, 0.2) is 0 Å². The van der Waals surface area contributed by atoms with Crippen molar-refractivity contribution in [2.45, 2.75) is 27.2 Å². The number of hydrogen-bond donors (Lipinski definition) is 1. The summed E-state index contributed by atoms with van der Waals surface area (Å²) in [6.45, 7) is 7.54. The highest BCUT2D eigenvalue weighted by Gasteiger charge is 2.08. The number of anilines is 2. The summed E-state index contributed by atoms with van der Waals surface area (Å²) in [4.78, 5) is 10.9. The molecule has 1 N–H and O–H groups in total. The summed E-state index contributed by atoms with van der Waals surface area (Å²) in [5, 5.41) is 2.97. The third kappa shape index (κ3) is 3.36. The Labute approximate surface area is 98.1 Å². The van der Waals surface area contributed by atoms with Crippen LogP contribution in [0.25, 0.3) is 0 Å². The molecule has 0 bridgehead atoms. The van der Waals surface area contributed by atoms with E-state index in [2.05, 4.69) is 41.1 Å². The van der Waals surface area contributed by atoms with Crippen LogP contribution >= 0.6 is 0 Å². The molecule has 1 heterocycles. The van der Waals surface area contributed by atoms with E-state index in [0.29, 0.717) is 11.9 Å². The van der Waals surface area contributed by atoms with Gasteiger partial charge in [-0.2, -0.15) is 4.98 Å². The van der Waals surface area contributed by atoms with Crippen molar-refractivity contribution >= 4 is 11.8 Å². The van der Waals surface area contributed by atoms with Gasteiger partial charge in [-0.25, -0.2) is 4.98 Å². The van der Waals surface area contributed by atoms with Crippen LogP contribution in [0, 0.1) is 12.8 Å². The predicted octanol–water partition coefficient (Wildman–Crippen LogP) is 2.31. The molecule has 0 unspecified atom stereocenters. The molecule has 0 saturated carbocycles. The Balaban J connectivity index is 2.76. The summed E-state index contributed by atoms with van der Waals surface area (Å²) in [6, 6.07) is 0. The second kappa shape index (κ2) is 5.68. The molecule has 0 saturated heterocycles. The van der Waals surface area contributed by atoms with Gasteiger partial charge in [-0.3, -0.25) is 0 Å². The molecule has 0 fully saturated rings. The number of hydrogen-bond acceptors (Lipinski definition) is 4. The minimum atomic E-state index is 0.678. The lowest BCUT2D eigenvalue weighted by Crippen LogP contribution is -2.22. The number of rotatable bonds is 5. The van der Waals surface area contributed by atoms with Crippen molar-refractivity contribution in [3.05, 3.63) is 11.8 Å². The first-order valence-corrected chi connectivity index (χ1v) is 5.77. The van der Waals surface area contributed by atoms with Crippen LogP contribution in [-0.2, 0) is 0 Å². The molecule has 1 rings (SSSR count). The molecule has 16 heavy (non-hydrogen) atoms. The fourth-order valence-electron chi connectivity index (χ4n) is 1.50. The highest BCUT2D eigenvalue weighted by molar-refractivity contribution is 5.48. The normalized spacial score (nSPS) is 10.6. The van der Waals surface area contributed by atoms with E-state index in [1.807, 2.05) is 20.2 Å². The second-order valence-electron chi connectivity index (χ2n) is 4.55. The lowest BCUT2D eigenvalue weighted by molar-refractivity contribution is 0.583. The van der Waals surface area contributed by atoms with Gasteiger partial charge in [0.05, 0.1) is 0 Å². The van der Waals surface area contributed by atoms with Crippen molar-refractivity contribution in [1.82, 2.24) is 9.97 Å². The third-order valence-corrected chi connectivity index (χ3v) is 2.57. The maximum Gasteiger partial charge on any atom is 0.224 e. The highest BCUT2D eigenvalue weighted by Crippen LogP contribution is 2.17. The van der Waals surface area contributed by atoms with Crippen LogP contribution < -0.4 is 10.2 Å². The Kier molecular flexibility index (Phi) is 4.52. The fourth-order valence-corrected chi connectivity index (χ4v) is 1.50. The van der Waals surface area contributed by atoms with E-state index in [-0.39, 0.29) is 0 Å². The zero-order valence-electron chi connectivity index (χ0n) is 10.9. The average molecular weight is 222 g/mol. The second-order valence-corrected chi connectivity index (χ2v) is 4.55. The lowest BCUT2D eigenvalue weighted by Gasteiger charge is -2.21. The molecule has 90 valence electrons. The Morgan fingerprint density at radius 1 is 1.44 bits per heavy atom. The van der Waals surface area contributed by atoms with Gasteiger partial charge < -0.3 is 10.2 Å². The molecule has 0 aliphatic heterocycles. The molecule has 0 spiro atoms. The van der Waals surface area contributed by atoms with Crippen LogP contribution in [0.15, 0.2) is 6.20 Å². The van der Waals surface area contributed by atoms with Gasteiger partial charge in [-0.15, -0.1) is 0 Å². The molecule has 0 amide bonds. The molecular weight excluding hydrogens is 200 g/mol. The molecule has 0 radical (unpaired) electrons. The van der Waals surface area contributed by atoms with Crippen LogP contribution in [-0.4, -0.2) is 30.6 Å². The first-order chi connectivity index (χ1) is 7.54. The SMILES string of the molecule is CNc1ncc(C)c(N(C)CCC(C)C)n1. The molecule has 0 aromatic carbocycles. The summed E-state index contributed by atoms with van der Waals surface area (Å²) in [5.74, 6) is 2.41. The molecule has 4 heteroatoms. The zero-order valence-corrected chi connectivity index (χ0v) is 10.9. The number of aryl methyl sites for hydroxylation is 1. The quantitative estimate of drug-likeness (QED) is 0.830. The van der Waals surface area contributed by atoms with Crippen LogP contribution in [0.5, 0.6) is 0 Å². The molecule has 0 aliphatic carbocycles. The van der Waals surface area contributed by atoms with E-state index in [9.17, 15) is 0 Å². The number of aromatic nitrogens is 2. The maximum atomic E-state index is 4.47. The van der Waals surface area contributed by atoms with Crippen LogP contribution in [0.2, 0.25) is 0 Å². The topological polar surface area (TPSA) is 41.1 Å². The third-order valence-electron chi connectivity index (χ3n) is 2.57. The largest absolute Gasteiger partial charge is 0.359 e. The highest BCUT2D eigenvalue weighted by atomic mass is 15.2. The van der Waals surface area contributed by atoms with Crippen molar-refractivity contribution < 1.29 is 0 Å². The van der Waals surface area contributed by atoms with Crippen molar-refractivity contribution in [2.75, 3.05) is 30.9 Å². The smallest absolute Gasteiger partial charge is 0.224 e. The zero-order chi connectivity index (χ0) is 12.1. The summed E-state index contributed by atoms with van der Waals surface area (Å²) in [5.41, 5.74) is 1.12. The molecule has 1 aromatic rings. The first kappa shape index (κ1) is 12.7. The van der Waals surface area contributed by atoms with Gasteiger partial charge in [0.25, 0.3) is 0 Å². The van der Waals surface area contributed by atoms with Crippen molar-refractivity contribution in [1.29, 1.82) is 0 Å². The van der Waals surface area contributed by atoms with Crippen LogP contribution in [0.1, 0.15) is 25.8 Å². The van der Waals surface area contributed by atoms with Crippen molar-refractivity contribution in [3.8, 4) is 0 Å². The van der Waals surface area contributed by atoms with E-state index in [4.69, 9.17) is 0 Å². The minimum Gasteiger partial charge on any atom is -0.359 e. The van der Waals surface area contributed by atoms with E-state index in [1.54, 1.807) is 0 Å². The van der Waals surface area contributed by atoms with E-state index >= 15 is 0 Å². The molecule has 1 aromatic heterocycles. The first-order valence-electron chi connectivity index (χ1n) is 5.77. The molecule has 4 nitrogen and oxygen atoms in total. The van der Waals surface area contributed by atoms with E-state index in [0.717, 1.165) is 17.9 Å². The summed E-state index contributed by atoms with van der Waals surface area (Å²) >= 11 is 0. The van der Waals surface area contributed by atoms with E-state index in [1.165, 1.54) is 6.42 Å². The molecular formula is C12H22N4. The average Bonchev–Trinajstić information content (AvgIpc) is 2.26. The predicted molar refractivity (Wildman–Crippen MR) is 69.0 cm³/mol. The van der Waals surface area contributed by atoms with Crippen molar-refractivity contribution in [2.24, 2.45) is 5.92 Å². The summed E-state index contributed by atoms with van der Waals surface area (Å²) in [7, 11) is 3.92. The maximum absolute atomic E-state index is 4.47. The Morgan fingerprint density at radius 3 is 2.69 bits per heavy atom. The monoisotopic (exact) mass is 222 g/mol. The lowest BCUT2D eigenvalue weighted by atomic mass is 10.1. The Bertz CT molecular complexity index is 336.